The summed E-state index contributed by atoms with van der Waals surface area (Å²) in [5.74, 6) is -0.0137. The van der Waals surface area contributed by atoms with Crippen molar-refractivity contribution in [1.29, 1.82) is 0 Å². The van der Waals surface area contributed by atoms with Crippen LogP contribution >= 0.6 is 0 Å². The Labute approximate surface area is 104 Å². The van der Waals surface area contributed by atoms with Crippen molar-refractivity contribution in [2.24, 2.45) is 0 Å². The average molecular weight is 247 g/mol. The highest BCUT2D eigenvalue weighted by molar-refractivity contribution is 5.93. The van der Waals surface area contributed by atoms with Crippen LogP contribution in [0.1, 0.15) is 23.8 Å². The molecule has 18 heavy (non-hydrogen) atoms. The summed E-state index contributed by atoms with van der Waals surface area (Å²) in [5, 5.41) is 0. The molecule has 1 fully saturated rings. The van der Waals surface area contributed by atoms with Crippen LogP contribution in [0.4, 0.5) is 10.1 Å². The third kappa shape index (κ3) is 1.75. The Bertz CT molecular complexity index is 607. The number of alkyl halides is 1. The van der Waals surface area contributed by atoms with Gasteiger partial charge in [-0.25, -0.2) is 9.37 Å². The van der Waals surface area contributed by atoms with Crippen molar-refractivity contribution in [3.8, 4) is 0 Å². The van der Waals surface area contributed by atoms with Crippen LogP contribution in [0.5, 0.6) is 0 Å². The summed E-state index contributed by atoms with van der Waals surface area (Å²) in [7, 11) is 0. The van der Waals surface area contributed by atoms with Crippen LogP contribution in [-0.2, 0) is 0 Å². The number of imidazole rings is 1. The minimum Gasteiger partial charge on any atom is -0.368 e. The van der Waals surface area contributed by atoms with Crippen molar-refractivity contribution in [2.75, 3.05) is 18.0 Å². The van der Waals surface area contributed by atoms with Gasteiger partial charge in [-0.2, -0.15) is 0 Å². The number of carbonyl (C=O) groups is 1. The van der Waals surface area contributed by atoms with E-state index in [-0.39, 0.29) is 5.78 Å². The zero-order valence-corrected chi connectivity index (χ0v) is 10.1. The van der Waals surface area contributed by atoms with Crippen molar-refractivity contribution in [3.63, 3.8) is 0 Å². The molecule has 0 amide bonds. The summed E-state index contributed by atoms with van der Waals surface area (Å²) in [6, 6.07) is 3.80. The van der Waals surface area contributed by atoms with Gasteiger partial charge in [-0.1, -0.05) is 0 Å². The summed E-state index contributed by atoms with van der Waals surface area (Å²) >= 11 is 0. The number of anilines is 1. The second-order valence-corrected chi connectivity index (χ2v) is 4.64. The molecule has 0 aliphatic carbocycles. The summed E-state index contributed by atoms with van der Waals surface area (Å²) in [4.78, 5) is 17.6. The highest BCUT2D eigenvalue weighted by atomic mass is 19.1. The number of pyridine rings is 1. The number of nitrogens with zero attached hydrogens (tertiary/aromatic N) is 3. The van der Waals surface area contributed by atoms with Gasteiger partial charge in [-0.15, -0.1) is 0 Å². The molecule has 1 saturated heterocycles. The first-order valence-corrected chi connectivity index (χ1v) is 6.02. The number of ketones is 1. The normalized spacial score (nSPS) is 19.7. The maximum absolute atomic E-state index is 13.2. The van der Waals surface area contributed by atoms with Gasteiger partial charge < -0.3 is 4.90 Å². The molecule has 0 radical (unpaired) electrons. The Balaban J connectivity index is 1.99. The molecule has 3 rings (SSSR count). The molecule has 94 valence electrons. The molecule has 0 spiro atoms. The molecule has 0 aromatic carbocycles. The van der Waals surface area contributed by atoms with E-state index in [1.165, 1.54) is 6.92 Å². The Morgan fingerprint density at radius 2 is 2.39 bits per heavy atom. The van der Waals surface area contributed by atoms with Gasteiger partial charge in [0.1, 0.15) is 17.5 Å². The van der Waals surface area contributed by atoms with Gasteiger partial charge in [0.05, 0.1) is 6.20 Å². The SMILES string of the molecule is CC(=O)c1cnc2cc(N3CC[C@H](F)C3)ccn12. The lowest BCUT2D eigenvalue weighted by atomic mass is 10.3. The van der Waals surface area contributed by atoms with Gasteiger partial charge in [0.2, 0.25) is 0 Å². The molecule has 3 heterocycles. The van der Waals surface area contributed by atoms with Gasteiger partial charge in [0, 0.05) is 38.0 Å². The van der Waals surface area contributed by atoms with E-state index in [9.17, 15) is 9.18 Å². The molecular formula is C13H14FN3O. The van der Waals surface area contributed by atoms with E-state index in [1.54, 1.807) is 10.6 Å². The number of halogens is 1. The van der Waals surface area contributed by atoms with Crippen molar-refractivity contribution < 1.29 is 9.18 Å². The van der Waals surface area contributed by atoms with Crippen LogP contribution in [0.15, 0.2) is 24.5 Å². The van der Waals surface area contributed by atoms with E-state index in [0.29, 0.717) is 18.7 Å². The van der Waals surface area contributed by atoms with E-state index in [4.69, 9.17) is 0 Å². The van der Waals surface area contributed by atoms with Gasteiger partial charge >= 0.3 is 0 Å². The van der Waals surface area contributed by atoms with Crippen molar-refractivity contribution in [2.45, 2.75) is 19.5 Å². The van der Waals surface area contributed by atoms with E-state index < -0.39 is 6.17 Å². The van der Waals surface area contributed by atoms with Crippen LogP contribution in [0.2, 0.25) is 0 Å². The molecular weight excluding hydrogens is 233 g/mol. The van der Waals surface area contributed by atoms with E-state index in [1.807, 2.05) is 23.2 Å². The van der Waals surface area contributed by atoms with Crippen LogP contribution < -0.4 is 4.90 Å². The lowest BCUT2D eigenvalue weighted by Crippen LogP contribution is -2.20. The first-order valence-electron chi connectivity index (χ1n) is 6.02. The number of carbonyl (C=O) groups excluding carboxylic acids is 1. The van der Waals surface area contributed by atoms with Gasteiger partial charge in [0.15, 0.2) is 5.78 Å². The maximum atomic E-state index is 13.2. The largest absolute Gasteiger partial charge is 0.368 e. The lowest BCUT2D eigenvalue weighted by Gasteiger charge is -2.17. The molecule has 0 saturated carbocycles. The third-order valence-corrected chi connectivity index (χ3v) is 3.35. The first kappa shape index (κ1) is 11.2. The Morgan fingerprint density at radius 3 is 3.06 bits per heavy atom. The predicted octanol–water partition coefficient (Wildman–Crippen LogP) is 2.09. The monoisotopic (exact) mass is 247 g/mol. The predicted molar refractivity (Wildman–Crippen MR) is 66.9 cm³/mol. The van der Waals surface area contributed by atoms with E-state index >= 15 is 0 Å². The summed E-state index contributed by atoms with van der Waals surface area (Å²) in [6.45, 7) is 2.69. The maximum Gasteiger partial charge on any atom is 0.178 e. The minimum atomic E-state index is -0.742. The summed E-state index contributed by atoms with van der Waals surface area (Å²) < 4.78 is 14.9. The third-order valence-electron chi connectivity index (χ3n) is 3.35. The van der Waals surface area contributed by atoms with Crippen LogP contribution in [0, 0.1) is 0 Å². The standard InChI is InChI=1S/C13H14FN3O/c1-9(18)12-7-15-13-6-11(3-5-17(12)13)16-4-2-10(14)8-16/h3,5-7,10H,2,4,8H2,1H3/t10-/m0/s1. The molecule has 2 aromatic rings. The zero-order chi connectivity index (χ0) is 12.7. The number of Topliss-reactive ketones (excluding diaryl/α,β-unsaturated/α-hetero) is 1. The fraction of sp³-hybridized carbons (Fsp3) is 0.385. The number of fused-ring (bicyclic) bond motifs is 1. The van der Waals surface area contributed by atoms with Crippen molar-refractivity contribution in [1.82, 2.24) is 9.38 Å². The number of rotatable bonds is 2. The molecule has 1 aliphatic heterocycles. The quantitative estimate of drug-likeness (QED) is 0.762. The second-order valence-electron chi connectivity index (χ2n) is 4.64. The van der Waals surface area contributed by atoms with Gasteiger partial charge in [-0.05, 0) is 12.5 Å². The minimum absolute atomic E-state index is 0.0137. The first-order chi connectivity index (χ1) is 8.65. The van der Waals surface area contributed by atoms with Gasteiger partial charge in [0.25, 0.3) is 0 Å². The Kier molecular flexibility index (Phi) is 2.54. The number of hydrogen-bond donors (Lipinski definition) is 0. The van der Waals surface area contributed by atoms with Crippen LogP contribution in [-0.4, -0.2) is 34.4 Å². The van der Waals surface area contributed by atoms with Crippen LogP contribution in [0.25, 0.3) is 5.65 Å². The lowest BCUT2D eigenvalue weighted by molar-refractivity contribution is 0.101. The fourth-order valence-corrected chi connectivity index (χ4v) is 2.38. The highest BCUT2D eigenvalue weighted by Crippen LogP contribution is 2.23. The van der Waals surface area contributed by atoms with Gasteiger partial charge in [-0.3, -0.25) is 9.20 Å². The van der Waals surface area contributed by atoms with Crippen LogP contribution in [0.3, 0.4) is 0 Å². The topological polar surface area (TPSA) is 37.6 Å². The Hall–Kier alpha value is -1.91. The molecule has 4 nitrogen and oxygen atoms in total. The smallest absolute Gasteiger partial charge is 0.178 e. The molecule has 5 heteroatoms. The molecule has 0 N–H and O–H groups in total. The van der Waals surface area contributed by atoms with Crippen molar-refractivity contribution in [3.05, 3.63) is 30.2 Å². The van der Waals surface area contributed by atoms with E-state index in [0.717, 1.165) is 17.9 Å². The molecule has 1 atom stereocenters. The Morgan fingerprint density at radius 1 is 1.56 bits per heavy atom. The average Bonchev–Trinajstić information content (AvgIpc) is 2.93. The van der Waals surface area contributed by atoms with E-state index in [2.05, 4.69) is 4.98 Å². The summed E-state index contributed by atoms with van der Waals surface area (Å²) in [5.41, 5.74) is 2.25. The zero-order valence-electron chi connectivity index (χ0n) is 10.1. The fourth-order valence-electron chi connectivity index (χ4n) is 2.38. The van der Waals surface area contributed by atoms with Crippen molar-refractivity contribution >= 4 is 17.1 Å². The summed E-state index contributed by atoms with van der Waals surface area (Å²) in [6.07, 6.45) is 3.23. The highest BCUT2D eigenvalue weighted by Gasteiger charge is 2.22. The molecule has 2 aromatic heterocycles. The molecule has 1 aliphatic rings. The second kappa shape index (κ2) is 4.08. The molecule has 0 unspecified atom stereocenters. The number of hydrogen-bond acceptors (Lipinski definition) is 3. The molecule has 0 bridgehead atoms. The number of aromatic nitrogens is 2.